The van der Waals surface area contributed by atoms with Gasteiger partial charge in [-0.3, -0.25) is 0 Å². The Morgan fingerprint density at radius 2 is 1.75 bits per heavy atom. The third-order valence-corrected chi connectivity index (χ3v) is 4.43. The van der Waals surface area contributed by atoms with Crippen molar-refractivity contribution in [2.24, 2.45) is 22.7 Å². The Balaban J connectivity index is 2.12. The summed E-state index contributed by atoms with van der Waals surface area (Å²) >= 11 is 0. The molecular formula is C12H20. The monoisotopic (exact) mass is 164 g/mol. The van der Waals surface area contributed by atoms with Crippen LogP contribution in [-0.2, 0) is 0 Å². The van der Waals surface area contributed by atoms with Gasteiger partial charge >= 0.3 is 0 Å². The van der Waals surface area contributed by atoms with E-state index in [4.69, 9.17) is 0 Å². The quantitative estimate of drug-likeness (QED) is 0.519. The van der Waals surface area contributed by atoms with Crippen molar-refractivity contribution in [2.45, 2.75) is 40.5 Å². The zero-order valence-electron chi connectivity index (χ0n) is 8.72. The lowest BCUT2D eigenvalue weighted by atomic mass is 9.74. The summed E-state index contributed by atoms with van der Waals surface area (Å²) in [6.07, 6.45) is 7.61. The molecule has 0 radical (unpaired) electrons. The van der Waals surface area contributed by atoms with Gasteiger partial charge in [0.25, 0.3) is 0 Å². The molecule has 2 aliphatic carbocycles. The summed E-state index contributed by atoms with van der Waals surface area (Å²) in [5.41, 5.74) is 1.09. The Hall–Kier alpha value is -0.260. The molecule has 0 aromatic heterocycles. The highest BCUT2D eigenvalue weighted by Gasteiger charge is 2.48. The highest BCUT2D eigenvalue weighted by atomic mass is 14.5. The van der Waals surface area contributed by atoms with Crippen molar-refractivity contribution < 1.29 is 0 Å². The van der Waals surface area contributed by atoms with Crippen LogP contribution in [0.4, 0.5) is 0 Å². The SMILES string of the molecule is CC1C(C2(C)C=C2)CCC1(C)C. The normalized spacial score (nSPS) is 41.7. The Bertz CT molecular complexity index is 216. The zero-order chi connectivity index (χ0) is 8.98. The average molecular weight is 164 g/mol. The van der Waals surface area contributed by atoms with E-state index in [-0.39, 0.29) is 0 Å². The molecule has 0 aromatic rings. The third-order valence-electron chi connectivity index (χ3n) is 4.43. The summed E-state index contributed by atoms with van der Waals surface area (Å²) in [7, 11) is 0. The van der Waals surface area contributed by atoms with Crippen molar-refractivity contribution in [3.8, 4) is 0 Å². The van der Waals surface area contributed by atoms with E-state index in [0.717, 1.165) is 11.8 Å². The van der Waals surface area contributed by atoms with Gasteiger partial charge < -0.3 is 0 Å². The van der Waals surface area contributed by atoms with E-state index in [1.807, 2.05) is 0 Å². The van der Waals surface area contributed by atoms with Crippen molar-refractivity contribution in [2.75, 3.05) is 0 Å². The Kier molecular flexibility index (Phi) is 1.50. The van der Waals surface area contributed by atoms with Crippen LogP contribution in [0.5, 0.6) is 0 Å². The van der Waals surface area contributed by atoms with Gasteiger partial charge in [-0.2, -0.15) is 0 Å². The summed E-state index contributed by atoms with van der Waals surface area (Å²) in [5, 5.41) is 0. The molecule has 0 aliphatic heterocycles. The molecule has 0 heteroatoms. The fraction of sp³-hybridized carbons (Fsp3) is 0.833. The van der Waals surface area contributed by atoms with Crippen LogP contribution in [0, 0.1) is 22.7 Å². The highest BCUT2D eigenvalue weighted by molar-refractivity contribution is 5.27. The molecule has 0 saturated heterocycles. The predicted molar refractivity (Wildman–Crippen MR) is 52.9 cm³/mol. The zero-order valence-corrected chi connectivity index (χ0v) is 8.72. The molecule has 0 N–H and O–H groups in total. The second kappa shape index (κ2) is 2.16. The van der Waals surface area contributed by atoms with E-state index in [2.05, 4.69) is 39.8 Å². The van der Waals surface area contributed by atoms with E-state index >= 15 is 0 Å². The van der Waals surface area contributed by atoms with Crippen LogP contribution in [0.15, 0.2) is 12.2 Å². The average Bonchev–Trinajstić information content (AvgIpc) is 2.62. The van der Waals surface area contributed by atoms with Gasteiger partial charge in [-0.1, -0.05) is 39.8 Å². The van der Waals surface area contributed by atoms with Crippen molar-refractivity contribution in [3.63, 3.8) is 0 Å². The molecule has 12 heavy (non-hydrogen) atoms. The minimum atomic E-state index is 0.507. The minimum Gasteiger partial charge on any atom is -0.0777 e. The standard InChI is InChI=1S/C12H20/c1-9-10(12(4)7-8-12)5-6-11(9,2)3/h7-10H,5-6H2,1-4H3. The molecule has 2 unspecified atom stereocenters. The predicted octanol–water partition coefficient (Wildman–Crippen LogP) is 3.63. The van der Waals surface area contributed by atoms with Gasteiger partial charge in [0.1, 0.15) is 0 Å². The van der Waals surface area contributed by atoms with E-state index < -0.39 is 0 Å². The fourth-order valence-corrected chi connectivity index (χ4v) is 2.78. The van der Waals surface area contributed by atoms with Crippen LogP contribution < -0.4 is 0 Å². The van der Waals surface area contributed by atoms with Crippen LogP contribution in [-0.4, -0.2) is 0 Å². The summed E-state index contributed by atoms with van der Waals surface area (Å²) < 4.78 is 0. The Labute approximate surface area is 76.1 Å². The maximum absolute atomic E-state index is 2.43. The largest absolute Gasteiger partial charge is 0.0777 e. The molecule has 0 amide bonds. The molecule has 0 nitrogen and oxygen atoms in total. The third kappa shape index (κ3) is 1.04. The smallest absolute Gasteiger partial charge is 0.00642 e. The molecule has 2 aliphatic rings. The van der Waals surface area contributed by atoms with E-state index in [0.29, 0.717) is 10.8 Å². The molecule has 0 spiro atoms. The van der Waals surface area contributed by atoms with Crippen molar-refractivity contribution >= 4 is 0 Å². The topological polar surface area (TPSA) is 0 Å². The van der Waals surface area contributed by atoms with E-state index in [1.54, 1.807) is 0 Å². The molecule has 1 saturated carbocycles. The van der Waals surface area contributed by atoms with Crippen molar-refractivity contribution in [1.29, 1.82) is 0 Å². The molecule has 0 bridgehead atoms. The number of allylic oxidation sites excluding steroid dienone is 2. The second-order valence-corrected chi connectivity index (χ2v) is 5.62. The first-order chi connectivity index (χ1) is 5.46. The van der Waals surface area contributed by atoms with Crippen LogP contribution in [0.1, 0.15) is 40.5 Å². The summed E-state index contributed by atoms with van der Waals surface area (Å²) in [5.74, 6) is 1.81. The second-order valence-electron chi connectivity index (χ2n) is 5.62. The molecule has 0 heterocycles. The van der Waals surface area contributed by atoms with Gasteiger partial charge in [0.2, 0.25) is 0 Å². The fourth-order valence-electron chi connectivity index (χ4n) is 2.78. The molecular weight excluding hydrogens is 144 g/mol. The first-order valence-corrected chi connectivity index (χ1v) is 5.16. The van der Waals surface area contributed by atoms with Crippen molar-refractivity contribution in [3.05, 3.63) is 12.2 Å². The molecule has 0 aromatic carbocycles. The lowest BCUT2D eigenvalue weighted by Crippen LogP contribution is -2.24. The summed E-state index contributed by atoms with van der Waals surface area (Å²) in [6.45, 7) is 9.66. The van der Waals surface area contributed by atoms with Gasteiger partial charge in [-0.05, 0) is 30.1 Å². The van der Waals surface area contributed by atoms with Gasteiger partial charge in [0.15, 0.2) is 0 Å². The van der Waals surface area contributed by atoms with Gasteiger partial charge in [0.05, 0.1) is 0 Å². The van der Waals surface area contributed by atoms with Gasteiger partial charge in [0, 0.05) is 5.41 Å². The number of hydrogen-bond donors (Lipinski definition) is 0. The van der Waals surface area contributed by atoms with Crippen LogP contribution in [0.3, 0.4) is 0 Å². The van der Waals surface area contributed by atoms with Crippen LogP contribution >= 0.6 is 0 Å². The van der Waals surface area contributed by atoms with E-state index in [9.17, 15) is 0 Å². The van der Waals surface area contributed by atoms with Crippen LogP contribution in [0.2, 0.25) is 0 Å². The maximum atomic E-state index is 2.43. The van der Waals surface area contributed by atoms with Gasteiger partial charge in [-0.15, -0.1) is 0 Å². The van der Waals surface area contributed by atoms with Gasteiger partial charge in [-0.25, -0.2) is 0 Å². The lowest BCUT2D eigenvalue weighted by Gasteiger charge is -2.30. The van der Waals surface area contributed by atoms with Crippen LogP contribution in [0.25, 0.3) is 0 Å². The van der Waals surface area contributed by atoms with Crippen molar-refractivity contribution in [1.82, 2.24) is 0 Å². The Morgan fingerprint density at radius 3 is 2.08 bits per heavy atom. The first kappa shape index (κ1) is 8.34. The molecule has 1 fully saturated rings. The Morgan fingerprint density at radius 1 is 1.17 bits per heavy atom. The summed E-state index contributed by atoms with van der Waals surface area (Å²) in [6, 6.07) is 0. The lowest BCUT2D eigenvalue weighted by molar-refractivity contribution is 0.200. The minimum absolute atomic E-state index is 0.507. The number of hydrogen-bond acceptors (Lipinski definition) is 0. The first-order valence-electron chi connectivity index (χ1n) is 5.16. The van der Waals surface area contributed by atoms with E-state index in [1.165, 1.54) is 12.8 Å². The molecule has 2 rings (SSSR count). The number of rotatable bonds is 1. The molecule has 2 atom stereocenters. The summed E-state index contributed by atoms with van der Waals surface area (Å²) in [4.78, 5) is 0. The molecule has 68 valence electrons. The highest BCUT2D eigenvalue weighted by Crippen LogP contribution is 2.57. The maximum Gasteiger partial charge on any atom is 0.00642 e.